The molecule has 0 aliphatic carbocycles. The van der Waals surface area contributed by atoms with Crippen molar-refractivity contribution in [3.05, 3.63) is 67.0 Å². The summed E-state index contributed by atoms with van der Waals surface area (Å²) in [5.74, 6) is 0.737. The van der Waals surface area contributed by atoms with Gasteiger partial charge in [-0.3, -0.25) is 4.40 Å². The van der Waals surface area contributed by atoms with Crippen molar-refractivity contribution in [3.8, 4) is 11.1 Å². The van der Waals surface area contributed by atoms with Crippen molar-refractivity contribution in [2.75, 3.05) is 0 Å². The number of nitrogens with zero attached hydrogens (tertiary/aromatic N) is 3. The van der Waals surface area contributed by atoms with E-state index in [1.165, 1.54) is 0 Å². The van der Waals surface area contributed by atoms with Crippen molar-refractivity contribution >= 4 is 16.8 Å². The van der Waals surface area contributed by atoms with Gasteiger partial charge in [0.1, 0.15) is 0 Å². The molecule has 0 spiro atoms. The fourth-order valence-electron chi connectivity index (χ4n) is 2.33. The molecule has 0 amide bonds. The van der Waals surface area contributed by atoms with Gasteiger partial charge in [-0.25, -0.2) is 9.97 Å². The van der Waals surface area contributed by atoms with Gasteiger partial charge in [-0.2, -0.15) is 0 Å². The van der Waals surface area contributed by atoms with Gasteiger partial charge in [-0.05, 0) is 17.7 Å². The second-order valence-corrected chi connectivity index (χ2v) is 4.48. The van der Waals surface area contributed by atoms with Crippen LogP contribution in [-0.4, -0.2) is 14.4 Å². The molecule has 4 rings (SSSR count). The second-order valence-electron chi connectivity index (χ2n) is 4.48. The maximum absolute atomic E-state index is 4.50. The molecule has 0 aliphatic rings. The molecule has 90 valence electrons. The topological polar surface area (TPSA) is 30.2 Å². The molecule has 4 aromatic rings. The summed E-state index contributed by atoms with van der Waals surface area (Å²) in [5.41, 5.74) is 4.31. The van der Waals surface area contributed by atoms with E-state index in [0.717, 1.165) is 27.9 Å². The van der Waals surface area contributed by atoms with E-state index in [-0.39, 0.29) is 0 Å². The third kappa shape index (κ3) is 1.59. The van der Waals surface area contributed by atoms with E-state index in [0.29, 0.717) is 0 Å². The molecule has 0 saturated carbocycles. The monoisotopic (exact) mass is 245 g/mol. The summed E-state index contributed by atoms with van der Waals surface area (Å²) in [6.45, 7) is 0. The first-order chi connectivity index (χ1) is 9.42. The highest BCUT2D eigenvalue weighted by molar-refractivity contribution is 5.80. The summed E-state index contributed by atoms with van der Waals surface area (Å²) in [6.07, 6.45) is 3.96. The molecule has 0 fully saturated rings. The standard InChI is InChI=1S/C16H11N3/c1-2-6-12(7-3-1)13-10-17-16-18-14-8-4-5-9-15(14)19(16)11-13/h1-11H. The number of aromatic nitrogens is 3. The highest BCUT2D eigenvalue weighted by Crippen LogP contribution is 2.21. The number of imidazole rings is 1. The van der Waals surface area contributed by atoms with Crippen LogP contribution in [0, 0.1) is 0 Å². The molecule has 0 bridgehead atoms. The molecule has 0 aliphatic heterocycles. The Kier molecular flexibility index (Phi) is 2.12. The first-order valence-electron chi connectivity index (χ1n) is 6.20. The van der Waals surface area contributed by atoms with Gasteiger partial charge in [0.2, 0.25) is 5.78 Å². The SMILES string of the molecule is c1ccc(-c2cnc3nc4ccccc4n3c2)cc1. The summed E-state index contributed by atoms with van der Waals surface area (Å²) in [6, 6.07) is 18.3. The van der Waals surface area contributed by atoms with Crippen molar-refractivity contribution in [2.45, 2.75) is 0 Å². The van der Waals surface area contributed by atoms with E-state index < -0.39 is 0 Å². The summed E-state index contributed by atoms with van der Waals surface area (Å²) < 4.78 is 2.04. The van der Waals surface area contributed by atoms with Crippen molar-refractivity contribution in [2.24, 2.45) is 0 Å². The molecular weight excluding hydrogens is 234 g/mol. The number of hydrogen-bond donors (Lipinski definition) is 0. The number of fused-ring (bicyclic) bond motifs is 3. The Hall–Kier alpha value is -2.68. The minimum atomic E-state index is 0.737. The second kappa shape index (κ2) is 3.92. The Bertz CT molecular complexity index is 863. The lowest BCUT2D eigenvalue weighted by Gasteiger charge is -2.02. The Morgan fingerprint density at radius 2 is 1.58 bits per heavy atom. The third-order valence-electron chi connectivity index (χ3n) is 3.27. The Balaban J connectivity index is 2.03. The van der Waals surface area contributed by atoms with Crippen LogP contribution in [0.15, 0.2) is 67.0 Å². The number of benzene rings is 2. The Morgan fingerprint density at radius 1 is 0.789 bits per heavy atom. The van der Waals surface area contributed by atoms with Gasteiger partial charge in [-0.1, -0.05) is 42.5 Å². The molecule has 2 heterocycles. The zero-order chi connectivity index (χ0) is 12.7. The van der Waals surface area contributed by atoms with Crippen molar-refractivity contribution in [1.29, 1.82) is 0 Å². The van der Waals surface area contributed by atoms with Crippen LogP contribution in [0.1, 0.15) is 0 Å². The molecule has 0 N–H and O–H groups in total. The quantitative estimate of drug-likeness (QED) is 0.513. The van der Waals surface area contributed by atoms with Crippen LogP contribution >= 0.6 is 0 Å². The van der Waals surface area contributed by atoms with Crippen LogP contribution < -0.4 is 0 Å². The van der Waals surface area contributed by atoms with Gasteiger partial charge in [0.05, 0.1) is 11.0 Å². The minimum absolute atomic E-state index is 0.737. The van der Waals surface area contributed by atoms with Crippen LogP contribution in [-0.2, 0) is 0 Å². The summed E-state index contributed by atoms with van der Waals surface area (Å²) in [5, 5.41) is 0. The van der Waals surface area contributed by atoms with E-state index in [1.807, 2.05) is 47.0 Å². The molecule has 0 radical (unpaired) electrons. The smallest absolute Gasteiger partial charge is 0.234 e. The van der Waals surface area contributed by atoms with E-state index in [9.17, 15) is 0 Å². The lowest BCUT2D eigenvalue weighted by Crippen LogP contribution is -1.90. The van der Waals surface area contributed by atoms with Gasteiger partial charge in [0.25, 0.3) is 0 Å². The minimum Gasteiger partial charge on any atom is -0.283 e. The van der Waals surface area contributed by atoms with Crippen molar-refractivity contribution in [3.63, 3.8) is 0 Å². The zero-order valence-corrected chi connectivity index (χ0v) is 10.2. The van der Waals surface area contributed by atoms with Gasteiger partial charge in [-0.15, -0.1) is 0 Å². The van der Waals surface area contributed by atoms with Crippen molar-refractivity contribution in [1.82, 2.24) is 14.4 Å². The van der Waals surface area contributed by atoms with E-state index in [4.69, 9.17) is 0 Å². The molecule has 3 heteroatoms. The average Bonchev–Trinajstić information content (AvgIpc) is 2.86. The van der Waals surface area contributed by atoms with Crippen LogP contribution in [0.2, 0.25) is 0 Å². The maximum Gasteiger partial charge on any atom is 0.234 e. The van der Waals surface area contributed by atoms with E-state index >= 15 is 0 Å². The van der Waals surface area contributed by atoms with Crippen LogP contribution in [0.25, 0.3) is 27.9 Å². The Labute approximate surface area is 110 Å². The molecular formula is C16H11N3. The fraction of sp³-hybridized carbons (Fsp3) is 0. The number of rotatable bonds is 1. The van der Waals surface area contributed by atoms with E-state index in [2.05, 4.69) is 34.4 Å². The highest BCUT2D eigenvalue weighted by Gasteiger charge is 2.06. The molecule has 3 nitrogen and oxygen atoms in total. The molecule has 0 saturated heterocycles. The average molecular weight is 245 g/mol. The summed E-state index contributed by atoms with van der Waals surface area (Å²) in [4.78, 5) is 8.95. The molecule has 0 atom stereocenters. The highest BCUT2D eigenvalue weighted by atomic mass is 15.1. The largest absolute Gasteiger partial charge is 0.283 e. The lowest BCUT2D eigenvalue weighted by atomic mass is 10.1. The van der Waals surface area contributed by atoms with Gasteiger partial charge >= 0.3 is 0 Å². The molecule has 2 aromatic carbocycles. The number of hydrogen-bond acceptors (Lipinski definition) is 2. The maximum atomic E-state index is 4.50. The molecule has 2 aromatic heterocycles. The van der Waals surface area contributed by atoms with Gasteiger partial charge < -0.3 is 0 Å². The zero-order valence-electron chi connectivity index (χ0n) is 10.2. The number of para-hydroxylation sites is 2. The summed E-state index contributed by atoms with van der Waals surface area (Å²) >= 11 is 0. The first-order valence-corrected chi connectivity index (χ1v) is 6.20. The van der Waals surface area contributed by atoms with Crippen LogP contribution in [0.4, 0.5) is 0 Å². The van der Waals surface area contributed by atoms with Crippen LogP contribution in [0.5, 0.6) is 0 Å². The summed E-state index contributed by atoms with van der Waals surface area (Å²) in [7, 11) is 0. The third-order valence-corrected chi connectivity index (χ3v) is 3.27. The first kappa shape index (κ1) is 10.3. The predicted molar refractivity (Wildman–Crippen MR) is 75.9 cm³/mol. The molecule has 0 unspecified atom stereocenters. The fourth-order valence-corrected chi connectivity index (χ4v) is 2.33. The van der Waals surface area contributed by atoms with Gasteiger partial charge in [0, 0.05) is 18.0 Å². The van der Waals surface area contributed by atoms with Crippen LogP contribution in [0.3, 0.4) is 0 Å². The van der Waals surface area contributed by atoms with Crippen molar-refractivity contribution < 1.29 is 0 Å². The Morgan fingerprint density at radius 3 is 2.47 bits per heavy atom. The lowest BCUT2D eigenvalue weighted by molar-refractivity contribution is 1.14. The normalized spacial score (nSPS) is 11.2. The predicted octanol–water partition coefficient (Wildman–Crippen LogP) is 3.55. The van der Waals surface area contributed by atoms with Gasteiger partial charge in [0.15, 0.2) is 0 Å². The van der Waals surface area contributed by atoms with E-state index in [1.54, 1.807) is 0 Å². The molecule has 19 heavy (non-hydrogen) atoms.